The highest BCUT2D eigenvalue weighted by Crippen LogP contribution is 2.47. The molecule has 0 unspecified atom stereocenters. The van der Waals surface area contributed by atoms with E-state index in [2.05, 4.69) is 5.32 Å². The number of anilines is 2. The van der Waals surface area contributed by atoms with E-state index in [1.54, 1.807) is 17.0 Å². The Hall–Kier alpha value is -1.98. The van der Waals surface area contributed by atoms with Crippen molar-refractivity contribution in [2.24, 2.45) is 0 Å². The van der Waals surface area contributed by atoms with E-state index >= 15 is 0 Å². The van der Waals surface area contributed by atoms with Crippen molar-refractivity contribution >= 4 is 46.7 Å². The molecule has 2 aromatic carbocycles. The summed E-state index contributed by atoms with van der Waals surface area (Å²) in [5.41, 5.74) is 1.82. The molecule has 1 saturated heterocycles. The average molecular weight is 333 g/mol. The van der Waals surface area contributed by atoms with Crippen LogP contribution in [0.3, 0.4) is 0 Å². The summed E-state index contributed by atoms with van der Waals surface area (Å²) < 4.78 is 13.9. The first-order valence-corrected chi connectivity index (χ1v) is 7.92. The summed E-state index contributed by atoms with van der Waals surface area (Å²) in [6.45, 7) is 0. The molecule has 1 N–H and O–H groups in total. The highest BCUT2D eigenvalue weighted by atomic mass is 35.5. The monoisotopic (exact) mass is 332 g/mol. The van der Waals surface area contributed by atoms with Crippen molar-refractivity contribution in [3.63, 3.8) is 0 Å². The van der Waals surface area contributed by atoms with Gasteiger partial charge < -0.3 is 5.32 Å². The highest BCUT2D eigenvalue weighted by molar-refractivity contribution is 8.05. The molecule has 2 aromatic rings. The largest absolute Gasteiger partial charge is 0.354 e. The molecule has 0 radical (unpaired) electrons. The number of hydrogen-bond donors (Lipinski definition) is 1. The lowest BCUT2D eigenvalue weighted by molar-refractivity contribution is -0.114. The van der Waals surface area contributed by atoms with Gasteiger partial charge in [-0.3, -0.25) is 9.69 Å². The number of fused-ring (bicyclic) bond motifs is 3. The SMILES string of the molecule is O=C1/C(=C/c2c(F)cccc2Cl)S[C@H]2Nc3ccccc3N12. The molecule has 0 spiro atoms. The number of nitrogens with one attached hydrogen (secondary N) is 1. The Morgan fingerprint density at radius 3 is 2.86 bits per heavy atom. The van der Waals surface area contributed by atoms with Crippen LogP contribution in [0.4, 0.5) is 15.8 Å². The maximum Gasteiger partial charge on any atom is 0.267 e. The van der Waals surface area contributed by atoms with Crippen LogP contribution in [0.25, 0.3) is 6.08 Å². The molecule has 6 heteroatoms. The zero-order valence-corrected chi connectivity index (χ0v) is 12.8. The molecule has 0 aromatic heterocycles. The maximum absolute atomic E-state index is 13.9. The summed E-state index contributed by atoms with van der Waals surface area (Å²) in [6.07, 6.45) is 1.52. The van der Waals surface area contributed by atoms with E-state index in [4.69, 9.17) is 11.6 Å². The minimum Gasteiger partial charge on any atom is -0.354 e. The van der Waals surface area contributed by atoms with Gasteiger partial charge in [0.15, 0.2) is 5.50 Å². The summed E-state index contributed by atoms with van der Waals surface area (Å²) in [5.74, 6) is -0.583. The van der Waals surface area contributed by atoms with E-state index in [0.717, 1.165) is 11.4 Å². The number of hydrogen-bond acceptors (Lipinski definition) is 3. The topological polar surface area (TPSA) is 32.3 Å². The molecule has 1 fully saturated rings. The van der Waals surface area contributed by atoms with Gasteiger partial charge in [0.1, 0.15) is 5.82 Å². The molecule has 110 valence electrons. The van der Waals surface area contributed by atoms with Crippen LogP contribution < -0.4 is 10.2 Å². The van der Waals surface area contributed by atoms with Crippen molar-refractivity contribution in [1.82, 2.24) is 0 Å². The van der Waals surface area contributed by atoms with Crippen molar-refractivity contribution in [3.05, 3.63) is 63.8 Å². The number of carbonyl (C=O) groups is 1. The lowest BCUT2D eigenvalue weighted by Crippen LogP contribution is -2.31. The lowest BCUT2D eigenvalue weighted by atomic mass is 10.2. The van der Waals surface area contributed by atoms with Crippen molar-refractivity contribution in [2.75, 3.05) is 10.2 Å². The molecule has 22 heavy (non-hydrogen) atoms. The Morgan fingerprint density at radius 2 is 2.05 bits per heavy atom. The quantitative estimate of drug-likeness (QED) is 0.790. The van der Waals surface area contributed by atoms with Gasteiger partial charge >= 0.3 is 0 Å². The smallest absolute Gasteiger partial charge is 0.267 e. The Bertz CT molecular complexity index is 803. The predicted octanol–water partition coefficient (Wildman–Crippen LogP) is 4.31. The number of rotatable bonds is 1. The molecule has 2 heterocycles. The van der Waals surface area contributed by atoms with Crippen LogP contribution >= 0.6 is 23.4 Å². The third-order valence-electron chi connectivity index (χ3n) is 3.62. The van der Waals surface area contributed by atoms with Gasteiger partial charge in [0, 0.05) is 5.56 Å². The number of thioether (sulfide) groups is 1. The van der Waals surface area contributed by atoms with E-state index in [9.17, 15) is 9.18 Å². The van der Waals surface area contributed by atoms with E-state index in [-0.39, 0.29) is 17.0 Å². The summed E-state index contributed by atoms with van der Waals surface area (Å²) >= 11 is 7.38. The Balaban J connectivity index is 1.74. The molecule has 0 bridgehead atoms. The van der Waals surface area contributed by atoms with Gasteiger partial charge in [0.2, 0.25) is 0 Å². The first-order valence-electron chi connectivity index (χ1n) is 6.66. The maximum atomic E-state index is 13.9. The number of halogens is 2. The van der Waals surface area contributed by atoms with E-state index in [1.807, 2.05) is 24.3 Å². The summed E-state index contributed by atoms with van der Waals surface area (Å²) in [5, 5.41) is 3.57. The first-order chi connectivity index (χ1) is 10.6. The van der Waals surface area contributed by atoms with Crippen molar-refractivity contribution in [1.29, 1.82) is 0 Å². The third-order valence-corrected chi connectivity index (χ3v) is 5.05. The summed E-state index contributed by atoms with van der Waals surface area (Å²) in [4.78, 5) is 14.8. The predicted molar refractivity (Wildman–Crippen MR) is 88.3 cm³/mol. The van der Waals surface area contributed by atoms with Crippen molar-refractivity contribution in [3.8, 4) is 0 Å². The number of nitrogens with zero attached hydrogens (tertiary/aromatic N) is 1. The zero-order valence-electron chi connectivity index (χ0n) is 11.2. The second-order valence-electron chi connectivity index (χ2n) is 4.95. The minimum absolute atomic E-state index is 0.147. The van der Waals surface area contributed by atoms with Gasteiger partial charge in [-0.25, -0.2) is 4.39 Å². The third kappa shape index (κ3) is 2.01. The van der Waals surface area contributed by atoms with Gasteiger partial charge in [0.05, 0.1) is 21.3 Å². The molecule has 0 saturated carbocycles. The average Bonchev–Trinajstić information content (AvgIpc) is 3.00. The Kier molecular flexibility index (Phi) is 3.13. The fourth-order valence-corrected chi connectivity index (χ4v) is 3.94. The molecule has 2 aliphatic rings. The Labute approximate surface area is 135 Å². The molecular formula is C16H10ClFN2OS. The molecular weight excluding hydrogens is 323 g/mol. The van der Waals surface area contributed by atoms with Crippen LogP contribution in [-0.4, -0.2) is 11.4 Å². The highest BCUT2D eigenvalue weighted by Gasteiger charge is 2.42. The number of benzene rings is 2. The fourth-order valence-electron chi connectivity index (χ4n) is 2.59. The van der Waals surface area contributed by atoms with Gasteiger partial charge in [-0.1, -0.05) is 41.6 Å². The number of amides is 1. The molecule has 0 aliphatic carbocycles. The van der Waals surface area contributed by atoms with E-state index in [1.165, 1.54) is 23.9 Å². The van der Waals surface area contributed by atoms with E-state index in [0.29, 0.717) is 9.93 Å². The lowest BCUT2D eigenvalue weighted by Gasteiger charge is -2.12. The van der Waals surface area contributed by atoms with Crippen molar-refractivity contribution in [2.45, 2.75) is 5.50 Å². The molecule has 3 nitrogen and oxygen atoms in total. The van der Waals surface area contributed by atoms with Crippen LogP contribution in [0.2, 0.25) is 5.02 Å². The van der Waals surface area contributed by atoms with Crippen LogP contribution in [0.5, 0.6) is 0 Å². The van der Waals surface area contributed by atoms with Gasteiger partial charge in [0.25, 0.3) is 5.91 Å². The number of carbonyl (C=O) groups excluding carboxylic acids is 1. The van der Waals surface area contributed by atoms with Crippen LogP contribution in [-0.2, 0) is 4.79 Å². The summed E-state index contributed by atoms with van der Waals surface area (Å²) in [6, 6.07) is 12.1. The second-order valence-corrected chi connectivity index (χ2v) is 6.48. The molecule has 1 amide bonds. The van der Waals surface area contributed by atoms with Gasteiger partial charge in [-0.15, -0.1) is 0 Å². The van der Waals surface area contributed by atoms with Crippen LogP contribution in [0, 0.1) is 5.82 Å². The fraction of sp³-hybridized carbons (Fsp3) is 0.0625. The van der Waals surface area contributed by atoms with Crippen molar-refractivity contribution < 1.29 is 9.18 Å². The number of para-hydroxylation sites is 2. The second kappa shape index (κ2) is 5.04. The normalized spacial score (nSPS) is 21.0. The van der Waals surface area contributed by atoms with Crippen LogP contribution in [0.1, 0.15) is 5.56 Å². The van der Waals surface area contributed by atoms with Gasteiger partial charge in [-0.05, 0) is 30.3 Å². The van der Waals surface area contributed by atoms with Crippen LogP contribution in [0.15, 0.2) is 47.4 Å². The first kappa shape index (κ1) is 13.7. The molecule has 4 rings (SSSR count). The van der Waals surface area contributed by atoms with Gasteiger partial charge in [-0.2, -0.15) is 0 Å². The standard InChI is InChI=1S/C16H10ClFN2OS/c17-10-4-3-5-11(18)9(10)8-14-15(21)20-13-7-2-1-6-12(13)19-16(20)22-14/h1-8,16,19H/b14-8-/t16-/m0/s1. The zero-order chi connectivity index (χ0) is 15.3. The molecule has 1 atom stereocenters. The summed E-state index contributed by atoms with van der Waals surface area (Å²) in [7, 11) is 0. The Morgan fingerprint density at radius 1 is 1.23 bits per heavy atom. The molecule has 2 aliphatic heterocycles. The van der Waals surface area contributed by atoms with E-state index < -0.39 is 5.82 Å². The minimum atomic E-state index is -0.436.